The third-order valence-corrected chi connectivity index (χ3v) is 5.59. The molecular weight excluding hydrogens is 367 g/mol. The van der Waals surface area contributed by atoms with Gasteiger partial charge in [-0.2, -0.15) is 4.52 Å². The molecule has 0 radical (unpaired) electrons. The molecule has 0 atom stereocenters. The van der Waals surface area contributed by atoms with E-state index in [4.69, 9.17) is 4.74 Å². The highest BCUT2D eigenvalue weighted by Crippen LogP contribution is 2.26. The van der Waals surface area contributed by atoms with E-state index in [9.17, 15) is 9.18 Å². The van der Waals surface area contributed by atoms with E-state index in [0.717, 1.165) is 49.6 Å². The third kappa shape index (κ3) is 3.95. The van der Waals surface area contributed by atoms with Crippen molar-refractivity contribution in [2.24, 2.45) is 0 Å². The van der Waals surface area contributed by atoms with Crippen LogP contribution in [0.15, 0.2) is 35.1 Å². The Morgan fingerprint density at radius 1 is 1.26 bits per heavy atom. The number of ether oxygens (including phenoxy) is 1. The van der Waals surface area contributed by atoms with E-state index in [0.29, 0.717) is 10.7 Å². The molecule has 1 fully saturated rings. The normalized spacial score (nSPS) is 15.4. The first-order valence-electron chi connectivity index (χ1n) is 9.19. The van der Waals surface area contributed by atoms with E-state index in [1.54, 1.807) is 18.2 Å². The Kier molecular flexibility index (Phi) is 5.07. The minimum atomic E-state index is -0.265. The van der Waals surface area contributed by atoms with E-state index in [2.05, 4.69) is 21.9 Å². The largest absolute Gasteiger partial charge is 0.490 e. The minimum absolute atomic E-state index is 0.0955. The molecule has 27 heavy (non-hydrogen) atoms. The number of nitrogens with zero attached hydrogens (tertiary/aromatic N) is 4. The van der Waals surface area contributed by atoms with E-state index >= 15 is 0 Å². The van der Waals surface area contributed by atoms with Crippen molar-refractivity contribution in [3.05, 3.63) is 52.2 Å². The second kappa shape index (κ2) is 7.64. The maximum atomic E-state index is 13.0. The van der Waals surface area contributed by atoms with Crippen molar-refractivity contribution < 1.29 is 9.13 Å². The van der Waals surface area contributed by atoms with Gasteiger partial charge in [0.25, 0.3) is 5.56 Å². The summed E-state index contributed by atoms with van der Waals surface area (Å²) in [4.78, 5) is 19.6. The Hall–Kier alpha value is -2.48. The van der Waals surface area contributed by atoms with Crippen LogP contribution in [0.5, 0.6) is 5.75 Å². The van der Waals surface area contributed by atoms with Gasteiger partial charge in [-0.3, -0.25) is 4.79 Å². The van der Waals surface area contributed by atoms with Crippen molar-refractivity contribution in [1.82, 2.24) is 14.6 Å². The number of halogens is 1. The van der Waals surface area contributed by atoms with Crippen molar-refractivity contribution in [3.63, 3.8) is 0 Å². The van der Waals surface area contributed by atoms with Crippen LogP contribution in [-0.2, 0) is 6.42 Å². The maximum absolute atomic E-state index is 13.0. The fourth-order valence-corrected chi connectivity index (χ4v) is 4.21. The highest BCUT2D eigenvalue weighted by molar-refractivity contribution is 7.20. The van der Waals surface area contributed by atoms with Gasteiger partial charge in [0, 0.05) is 37.7 Å². The van der Waals surface area contributed by atoms with Gasteiger partial charge in [0.2, 0.25) is 10.1 Å². The Labute approximate surface area is 160 Å². The molecule has 1 aliphatic heterocycles. The van der Waals surface area contributed by atoms with Crippen LogP contribution in [0.25, 0.3) is 4.96 Å². The zero-order chi connectivity index (χ0) is 18.8. The molecule has 1 aromatic carbocycles. The molecule has 0 aliphatic carbocycles. The molecule has 3 aromatic rings. The lowest BCUT2D eigenvalue weighted by Gasteiger charge is -2.31. The summed E-state index contributed by atoms with van der Waals surface area (Å²) in [6.07, 6.45) is 3.53. The number of piperidine rings is 1. The van der Waals surface area contributed by atoms with Gasteiger partial charge in [-0.1, -0.05) is 24.7 Å². The summed E-state index contributed by atoms with van der Waals surface area (Å²) in [7, 11) is 0. The quantitative estimate of drug-likeness (QED) is 0.671. The highest BCUT2D eigenvalue weighted by atomic mass is 32.1. The number of benzene rings is 1. The molecule has 0 N–H and O–H groups in total. The van der Waals surface area contributed by atoms with E-state index < -0.39 is 0 Å². The predicted octanol–water partition coefficient (Wildman–Crippen LogP) is 3.29. The molecule has 0 bridgehead atoms. The van der Waals surface area contributed by atoms with Crippen LogP contribution >= 0.6 is 11.3 Å². The van der Waals surface area contributed by atoms with Crippen LogP contribution in [0.1, 0.15) is 31.9 Å². The summed E-state index contributed by atoms with van der Waals surface area (Å²) in [5.74, 6) is 0.424. The molecular formula is C19H21FN4O2S. The van der Waals surface area contributed by atoms with Crippen molar-refractivity contribution >= 4 is 21.4 Å². The first-order valence-corrected chi connectivity index (χ1v) is 10.0. The molecule has 2 aromatic heterocycles. The van der Waals surface area contributed by atoms with Crippen LogP contribution in [0.4, 0.5) is 9.52 Å². The van der Waals surface area contributed by atoms with E-state index in [1.807, 2.05) is 0 Å². The summed E-state index contributed by atoms with van der Waals surface area (Å²) in [6.45, 7) is 3.66. The van der Waals surface area contributed by atoms with Crippen LogP contribution < -0.4 is 15.2 Å². The van der Waals surface area contributed by atoms with E-state index in [1.165, 1.54) is 28.0 Å². The molecule has 0 unspecified atom stereocenters. The van der Waals surface area contributed by atoms with Crippen LogP contribution in [-0.4, -0.2) is 33.8 Å². The van der Waals surface area contributed by atoms with Crippen molar-refractivity contribution in [1.29, 1.82) is 0 Å². The molecule has 3 heterocycles. The lowest BCUT2D eigenvalue weighted by atomic mass is 10.1. The molecule has 4 rings (SSSR count). The molecule has 0 saturated carbocycles. The second-order valence-corrected chi connectivity index (χ2v) is 7.61. The highest BCUT2D eigenvalue weighted by Gasteiger charge is 2.23. The zero-order valence-corrected chi connectivity index (χ0v) is 15.9. The fourth-order valence-electron chi connectivity index (χ4n) is 3.23. The molecule has 0 amide bonds. The Balaban J connectivity index is 1.44. The molecule has 6 nitrogen and oxygen atoms in total. The SMILES string of the molecule is CCCc1cc(=O)n2nc(N3CCC(Oc4ccc(F)cc4)CC3)sc2n1. The Morgan fingerprint density at radius 2 is 2.00 bits per heavy atom. The van der Waals surface area contributed by atoms with Crippen LogP contribution in [0, 0.1) is 5.82 Å². The van der Waals surface area contributed by atoms with Crippen molar-refractivity contribution in [2.75, 3.05) is 18.0 Å². The first-order chi connectivity index (χ1) is 13.1. The van der Waals surface area contributed by atoms with E-state index in [-0.39, 0.29) is 17.5 Å². The van der Waals surface area contributed by atoms with Gasteiger partial charge < -0.3 is 9.64 Å². The monoisotopic (exact) mass is 388 g/mol. The lowest BCUT2D eigenvalue weighted by molar-refractivity contribution is 0.170. The topological polar surface area (TPSA) is 59.7 Å². The van der Waals surface area contributed by atoms with Crippen LogP contribution in [0.2, 0.25) is 0 Å². The van der Waals surface area contributed by atoms with Gasteiger partial charge in [-0.25, -0.2) is 9.37 Å². The standard InChI is InChI=1S/C19H21FN4O2S/c1-2-3-14-12-17(25)24-18(21-14)27-19(22-24)23-10-8-16(9-11-23)26-15-6-4-13(20)5-7-15/h4-7,12,16H,2-3,8-11H2,1H3. The van der Waals surface area contributed by atoms with Gasteiger partial charge in [0.15, 0.2) is 0 Å². The summed E-state index contributed by atoms with van der Waals surface area (Å²) >= 11 is 1.45. The number of hydrogen-bond acceptors (Lipinski definition) is 6. The van der Waals surface area contributed by atoms with Gasteiger partial charge in [0.05, 0.1) is 0 Å². The zero-order valence-electron chi connectivity index (χ0n) is 15.1. The summed E-state index contributed by atoms with van der Waals surface area (Å²) < 4.78 is 20.3. The van der Waals surface area contributed by atoms with Crippen LogP contribution in [0.3, 0.4) is 0 Å². The maximum Gasteiger partial charge on any atom is 0.275 e. The Bertz CT molecular complexity index is 978. The summed E-state index contributed by atoms with van der Waals surface area (Å²) in [5, 5.41) is 5.27. The number of aromatic nitrogens is 3. The number of hydrogen-bond donors (Lipinski definition) is 0. The van der Waals surface area contributed by atoms with Gasteiger partial charge in [-0.15, -0.1) is 5.10 Å². The second-order valence-electron chi connectivity index (χ2n) is 6.67. The summed E-state index contributed by atoms with van der Waals surface area (Å²) in [5.41, 5.74) is 0.699. The number of fused-ring (bicyclic) bond motifs is 1. The minimum Gasteiger partial charge on any atom is -0.490 e. The lowest BCUT2D eigenvalue weighted by Crippen LogP contribution is -2.38. The molecule has 0 spiro atoms. The first kappa shape index (κ1) is 17.9. The van der Waals surface area contributed by atoms with Crippen molar-refractivity contribution in [2.45, 2.75) is 38.7 Å². The smallest absolute Gasteiger partial charge is 0.275 e. The third-order valence-electron chi connectivity index (χ3n) is 4.62. The molecule has 1 aliphatic rings. The Morgan fingerprint density at radius 3 is 2.70 bits per heavy atom. The molecule has 142 valence electrons. The van der Waals surface area contributed by atoms with Gasteiger partial charge in [0.1, 0.15) is 17.7 Å². The van der Waals surface area contributed by atoms with Gasteiger partial charge >= 0.3 is 0 Å². The number of rotatable bonds is 5. The van der Waals surface area contributed by atoms with Gasteiger partial charge in [-0.05, 0) is 30.7 Å². The molecule has 1 saturated heterocycles. The predicted molar refractivity (Wildman–Crippen MR) is 103 cm³/mol. The fraction of sp³-hybridized carbons (Fsp3) is 0.421. The number of anilines is 1. The number of aryl methyl sites for hydroxylation is 1. The average molecular weight is 388 g/mol. The molecule has 8 heteroatoms. The van der Waals surface area contributed by atoms with Crippen molar-refractivity contribution in [3.8, 4) is 5.75 Å². The summed E-state index contributed by atoms with van der Waals surface area (Å²) in [6, 6.07) is 7.69. The average Bonchev–Trinajstić information content (AvgIpc) is 3.09.